The minimum atomic E-state index is -0.303. The number of rotatable bonds is 7. The first-order valence-electron chi connectivity index (χ1n) is 7.41. The first-order valence-corrected chi connectivity index (χ1v) is 8.20. The molecular formula is C17H19BrN2O4. The fraction of sp³-hybridized carbons (Fsp3) is 0.294. The van der Waals surface area contributed by atoms with Gasteiger partial charge in [0.25, 0.3) is 5.91 Å². The van der Waals surface area contributed by atoms with Crippen LogP contribution < -0.4 is 19.5 Å². The molecule has 0 fully saturated rings. The van der Waals surface area contributed by atoms with E-state index in [1.165, 1.54) is 14.2 Å². The Labute approximate surface area is 149 Å². The molecule has 0 saturated carbocycles. The van der Waals surface area contributed by atoms with Gasteiger partial charge in [0, 0.05) is 11.8 Å². The van der Waals surface area contributed by atoms with Gasteiger partial charge in [0.15, 0.2) is 11.5 Å². The van der Waals surface area contributed by atoms with E-state index >= 15 is 0 Å². The number of ether oxygens (including phenoxy) is 3. The number of aromatic nitrogens is 1. The molecule has 0 spiro atoms. The number of pyridine rings is 1. The molecule has 1 amide bonds. The lowest BCUT2D eigenvalue weighted by molar-refractivity contribution is 0.102. The highest BCUT2D eigenvalue weighted by Gasteiger charge is 2.17. The Hall–Kier alpha value is -2.28. The molecule has 0 aliphatic heterocycles. The number of halogens is 1. The van der Waals surface area contributed by atoms with Crippen LogP contribution in [0.1, 0.15) is 23.7 Å². The number of hydrogen-bond donors (Lipinski definition) is 1. The summed E-state index contributed by atoms with van der Waals surface area (Å²) in [5.41, 5.74) is 0.917. The summed E-state index contributed by atoms with van der Waals surface area (Å²) in [6, 6.07) is 6.75. The van der Waals surface area contributed by atoms with E-state index in [-0.39, 0.29) is 5.91 Å². The van der Waals surface area contributed by atoms with Crippen LogP contribution in [0, 0.1) is 0 Å². The Morgan fingerprint density at radius 2 is 2.08 bits per heavy atom. The van der Waals surface area contributed by atoms with Crippen LogP contribution in [-0.2, 0) is 0 Å². The van der Waals surface area contributed by atoms with E-state index in [0.717, 1.165) is 6.42 Å². The number of nitrogens with one attached hydrogen (secondary N) is 1. The molecule has 128 valence electrons. The molecular weight excluding hydrogens is 376 g/mol. The number of carbonyl (C=O) groups is 1. The van der Waals surface area contributed by atoms with Crippen LogP contribution in [0.2, 0.25) is 0 Å². The van der Waals surface area contributed by atoms with Gasteiger partial charge in [-0.2, -0.15) is 0 Å². The van der Waals surface area contributed by atoms with Crippen LogP contribution >= 0.6 is 15.9 Å². The lowest BCUT2D eigenvalue weighted by atomic mass is 10.2. The zero-order valence-corrected chi connectivity index (χ0v) is 15.3. The lowest BCUT2D eigenvalue weighted by Gasteiger charge is -2.14. The Balaban J connectivity index is 2.28. The largest absolute Gasteiger partial charge is 0.493 e. The number of methoxy groups -OCH3 is 2. The van der Waals surface area contributed by atoms with Crippen LogP contribution in [0.25, 0.3) is 0 Å². The quantitative estimate of drug-likeness (QED) is 0.770. The molecule has 1 aromatic heterocycles. The van der Waals surface area contributed by atoms with Crippen molar-refractivity contribution in [3.05, 3.63) is 40.5 Å². The van der Waals surface area contributed by atoms with Gasteiger partial charge in [-0.25, -0.2) is 4.98 Å². The Bertz CT molecular complexity index is 722. The van der Waals surface area contributed by atoms with Crippen molar-refractivity contribution in [1.29, 1.82) is 0 Å². The summed E-state index contributed by atoms with van der Waals surface area (Å²) < 4.78 is 16.8. The summed E-state index contributed by atoms with van der Waals surface area (Å²) in [4.78, 5) is 16.6. The molecule has 0 aliphatic carbocycles. The third-order valence-corrected chi connectivity index (χ3v) is 3.74. The van der Waals surface area contributed by atoms with Crippen molar-refractivity contribution >= 4 is 27.5 Å². The Morgan fingerprint density at radius 3 is 2.75 bits per heavy atom. The van der Waals surface area contributed by atoms with E-state index in [2.05, 4.69) is 26.2 Å². The lowest BCUT2D eigenvalue weighted by Crippen LogP contribution is -2.13. The molecule has 0 unspecified atom stereocenters. The highest BCUT2D eigenvalue weighted by Crippen LogP contribution is 2.37. The summed E-state index contributed by atoms with van der Waals surface area (Å²) in [5.74, 6) is 1.11. The average molecular weight is 395 g/mol. The van der Waals surface area contributed by atoms with E-state index in [1.807, 2.05) is 6.92 Å². The third-order valence-electron chi connectivity index (χ3n) is 3.15. The minimum Gasteiger partial charge on any atom is -0.493 e. The topological polar surface area (TPSA) is 69.7 Å². The van der Waals surface area contributed by atoms with Gasteiger partial charge < -0.3 is 19.5 Å². The SMILES string of the molecule is CCCOc1c(Br)cc(C(=O)Nc2cccnc2OC)cc1OC. The number of nitrogens with zero attached hydrogens (tertiary/aromatic N) is 1. The summed E-state index contributed by atoms with van der Waals surface area (Å²) in [6.45, 7) is 2.58. The van der Waals surface area contributed by atoms with Gasteiger partial charge >= 0.3 is 0 Å². The van der Waals surface area contributed by atoms with Gasteiger partial charge in [-0.1, -0.05) is 6.92 Å². The first-order chi connectivity index (χ1) is 11.6. The van der Waals surface area contributed by atoms with Gasteiger partial charge in [0.05, 0.1) is 25.3 Å². The van der Waals surface area contributed by atoms with Crippen LogP contribution in [0.15, 0.2) is 34.9 Å². The molecule has 1 aromatic carbocycles. The average Bonchev–Trinajstić information content (AvgIpc) is 2.60. The van der Waals surface area contributed by atoms with Crippen LogP contribution in [0.3, 0.4) is 0 Å². The molecule has 0 atom stereocenters. The van der Waals surface area contributed by atoms with Crippen molar-refractivity contribution in [2.45, 2.75) is 13.3 Å². The third kappa shape index (κ3) is 4.17. The van der Waals surface area contributed by atoms with Gasteiger partial charge in [0.2, 0.25) is 5.88 Å². The smallest absolute Gasteiger partial charge is 0.255 e. The normalized spacial score (nSPS) is 10.2. The van der Waals surface area contributed by atoms with Crippen LogP contribution in [0.5, 0.6) is 17.4 Å². The molecule has 6 nitrogen and oxygen atoms in total. The number of hydrogen-bond acceptors (Lipinski definition) is 5. The second kappa shape index (κ2) is 8.54. The highest BCUT2D eigenvalue weighted by atomic mass is 79.9. The first kappa shape index (κ1) is 18.1. The molecule has 0 saturated heterocycles. The zero-order valence-electron chi connectivity index (χ0n) is 13.8. The van der Waals surface area contributed by atoms with Gasteiger partial charge in [-0.15, -0.1) is 0 Å². The maximum absolute atomic E-state index is 12.5. The van der Waals surface area contributed by atoms with Gasteiger partial charge in [-0.3, -0.25) is 4.79 Å². The Morgan fingerprint density at radius 1 is 1.29 bits per heavy atom. The van der Waals surface area contributed by atoms with E-state index in [0.29, 0.717) is 39.7 Å². The summed E-state index contributed by atoms with van der Waals surface area (Å²) in [5, 5.41) is 2.78. The van der Waals surface area contributed by atoms with Crippen LogP contribution in [0.4, 0.5) is 5.69 Å². The number of carbonyl (C=O) groups excluding carboxylic acids is 1. The summed E-state index contributed by atoms with van der Waals surface area (Å²) in [6.07, 6.45) is 2.46. The molecule has 24 heavy (non-hydrogen) atoms. The molecule has 2 rings (SSSR count). The maximum Gasteiger partial charge on any atom is 0.255 e. The van der Waals surface area contributed by atoms with E-state index in [9.17, 15) is 4.79 Å². The fourth-order valence-electron chi connectivity index (χ4n) is 2.04. The van der Waals surface area contributed by atoms with Crippen molar-refractivity contribution in [2.24, 2.45) is 0 Å². The van der Waals surface area contributed by atoms with Crippen molar-refractivity contribution in [2.75, 3.05) is 26.1 Å². The molecule has 1 heterocycles. The molecule has 2 aromatic rings. The minimum absolute atomic E-state index is 0.303. The second-order valence-electron chi connectivity index (χ2n) is 4.85. The number of amides is 1. The van der Waals surface area contributed by atoms with Crippen molar-refractivity contribution < 1.29 is 19.0 Å². The zero-order chi connectivity index (χ0) is 17.5. The Kier molecular flexibility index (Phi) is 6.43. The van der Waals surface area contributed by atoms with E-state index in [4.69, 9.17) is 14.2 Å². The predicted octanol–water partition coefficient (Wildman–Crippen LogP) is 3.90. The fourth-order valence-corrected chi connectivity index (χ4v) is 2.59. The summed E-state index contributed by atoms with van der Waals surface area (Å²) in [7, 11) is 3.03. The van der Waals surface area contributed by atoms with Crippen LogP contribution in [-0.4, -0.2) is 31.7 Å². The molecule has 0 aliphatic rings. The van der Waals surface area contributed by atoms with E-state index < -0.39 is 0 Å². The van der Waals surface area contributed by atoms with Crippen molar-refractivity contribution in [1.82, 2.24) is 4.98 Å². The highest BCUT2D eigenvalue weighted by molar-refractivity contribution is 9.10. The van der Waals surface area contributed by atoms with Crippen molar-refractivity contribution in [3.63, 3.8) is 0 Å². The van der Waals surface area contributed by atoms with Crippen molar-refractivity contribution in [3.8, 4) is 17.4 Å². The predicted molar refractivity (Wildman–Crippen MR) is 95.2 cm³/mol. The number of benzene rings is 1. The molecule has 0 radical (unpaired) electrons. The van der Waals surface area contributed by atoms with Gasteiger partial charge in [-0.05, 0) is 46.6 Å². The summed E-state index contributed by atoms with van der Waals surface area (Å²) >= 11 is 3.43. The van der Waals surface area contributed by atoms with Gasteiger partial charge in [0.1, 0.15) is 5.69 Å². The monoisotopic (exact) mass is 394 g/mol. The molecule has 7 heteroatoms. The van der Waals surface area contributed by atoms with E-state index in [1.54, 1.807) is 30.5 Å². The molecule has 0 bridgehead atoms. The number of anilines is 1. The second-order valence-corrected chi connectivity index (χ2v) is 5.71. The standard InChI is InChI=1S/C17H19BrN2O4/c1-4-8-24-15-12(18)9-11(10-14(15)22-2)16(21)20-13-6-5-7-19-17(13)23-3/h5-7,9-10H,4,8H2,1-3H3,(H,20,21). The maximum atomic E-state index is 12.5. The molecule has 1 N–H and O–H groups in total.